The zero-order valence-electron chi connectivity index (χ0n) is 39.1. The quantitative estimate of drug-likeness (QED) is 0.0339. The molecule has 3 aromatic heterocycles. The first-order chi connectivity index (χ1) is 35.7. The number of ether oxygens (including phenoxy) is 3. The predicted octanol–water partition coefficient (Wildman–Crippen LogP) is 5.77. The van der Waals surface area contributed by atoms with Gasteiger partial charge in [-0.2, -0.15) is 23.5 Å². The lowest BCUT2D eigenvalue weighted by Crippen LogP contribution is -2.54. The van der Waals surface area contributed by atoms with E-state index in [1.54, 1.807) is 19.1 Å². The molecule has 0 aliphatic carbocycles. The van der Waals surface area contributed by atoms with Crippen molar-refractivity contribution in [2.45, 2.75) is 61.9 Å². The Morgan fingerprint density at radius 3 is 2.41 bits per heavy atom. The number of H-pyrrole nitrogens is 1. The van der Waals surface area contributed by atoms with Crippen molar-refractivity contribution in [1.29, 1.82) is 5.26 Å². The van der Waals surface area contributed by atoms with Crippen LogP contribution in [0.4, 0.5) is 27.6 Å². The number of carbonyl (C=O) groups is 2. The van der Waals surface area contributed by atoms with Crippen LogP contribution in [0.1, 0.15) is 46.0 Å². The molecule has 7 aromatic rings. The molecule has 20 nitrogen and oxygen atoms in total. The molecular weight excluding hydrogens is 1060 g/mol. The molecule has 1 aliphatic rings. The number of hydrogen-bond acceptors (Lipinski definition) is 14. The Hall–Kier alpha value is -7.09. The summed E-state index contributed by atoms with van der Waals surface area (Å²) in [4.78, 5) is 33.2. The Labute approximate surface area is 432 Å². The average molecular weight is 1100 g/mol. The van der Waals surface area contributed by atoms with Crippen molar-refractivity contribution in [3.05, 3.63) is 135 Å². The zero-order chi connectivity index (χ0) is 53.9. The molecule has 4 aromatic carbocycles. The van der Waals surface area contributed by atoms with Crippen LogP contribution >= 0.6 is 23.2 Å². The molecule has 4 heterocycles. The van der Waals surface area contributed by atoms with Gasteiger partial charge in [0, 0.05) is 35.3 Å². The number of carbonyl (C=O) groups excluding carboxylic acids is 2. The van der Waals surface area contributed by atoms with Crippen molar-refractivity contribution in [3.8, 4) is 23.0 Å². The van der Waals surface area contributed by atoms with Crippen molar-refractivity contribution >= 4 is 61.6 Å². The number of amides is 2. The molecule has 75 heavy (non-hydrogen) atoms. The molecule has 1 aliphatic heterocycles. The third kappa shape index (κ3) is 11.9. The lowest BCUT2D eigenvalue weighted by atomic mass is 9.91. The molecule has 6 N–H and O–H groups in total. The first-order valence-corrected chi connectivity index (χ1v) is 24.6. The summed E-state index contributed by atoms with van der Waals surface area (Å²) in [7, 11) is -4.05. The number of rotatable bonds is 18. The maximum absolute atomic E-state index is 14.5. The number of aryl methyl sites for hydroxylation is 2. The summed E-state index contributed by atoms with van der Waals surface area (Å²) in [6.45, 7) is 0.718. The van der Waals surface area contributed by atoms with E-state index < -0.39 is 106 Å². The number of nitriles is 1. The van der Waals surface area contributed by atoms with E-state index >= 15 is 0 Å². The van der Waals surface area contributed by atoms with Gasteiger partial charge >= 0.3 is 6.18 Å². The summed E-state index contributed by atoms with van der Waals surface area (Å²) in [5.41, 5.74) is 0.425. The molecule has 1 saturated heterocycles. The van der Waals surface area contributed by atoms with Crippen molar-refractivity contribution in [2.75, 3.05) is 37.7 Å². The van der Waals surface area contributed by atoms with Gasteiger partial charge in [-0.05, 0) is 73.5 Å². The highest BCUT2D eigenvalue weighted by Gasteiger charge is 2.50. The van der Waals surface area contributed by atoms with Crippen molar-refractivity contribution in [2.24, 2.45) is 0 Å². The number of sulfonamides is 1. The number of fused-ring (bicyclic) bond motifs is 1. The van der Waals surface area contributed by atoms with E-state index in [2.05, 4.69) is 46.8 Å². The molecule has 0 saturated carbocycles. The normalized spacial score (nSPS) is 18.0. The van der Waals surface area contributed by atoms with Crippen LogP contribution in [0.2, 0.25) is 10.0 Å². The van der Waals surface area contributed by atoms with Gasteiger partial charge in [0.05, 0.1) is 52.3 Å². The first-order valence-electron chi connectivity index (χ1n) is 22.3. The number of hydrogen-bond donors (Lipinski definition) is 6. The average Bonchev–Trinajstić information content (AvgIpc) is 4.14. The number of nitrogens with zero attached hydrogens (tertiary/aromatic N) is 7. The van der Waals surface area contributed by atoms with E-state index in [9.17, 15) is 55.4 Å². The van der Waals surface area contributed by atoms with Gasteiger partial charge in [0.2, 0.25) is 11.8 Å². The van der Waals surface area contributed by atoms with E-state index in [-0.39, 0.29) is 58.2 Å². The maximum Gasteiger partial charge on any atom is 0.418 e. The summed E-state index contributed by atoms with van der Waals surface area (Å²) >= 11 is 11.8. The molecule has 5 atom stereocenters. The van der Waals surface area contributed by atoms with E-state index in [1.807, 2.05) is 0 Å². The highest BCUT2D eigenvalue weighted by atomic mass is 35.5. The van der Waals surface area contributed by atoms with Crippen LogP contribution in [0.5, 0.6) is 0 Å². The summed E-state index contributed by atoms with van der Waals surface area (Å²) in [6, 6.07) is 14.1. The van der Waals surface area contributed by atoms with Crippen LogP contribution in [0, 0.1) is 36.8 Å². The Kier molecular flexibility index (Phi) is 16.2. The SMILES string of the molecule is Cc1nc([C@@H]2O[C@H](CO)[C@H](O)[C@H](n3cc(-c4cc(F)c(Cl)c(F)c4)nn3)[C@H]2OCC(=O)NCCOCC(=O)NCc2ccc(S(=O)(=O)Nc3ccc(C)c4c(C#N)c[nH]c34)cc2)n(-c2cc(Cl)ccc2C(F)(F)F)n1. The molecule has 0 unspecified atom stereocenters. The largest absolute Gasteiger partial charge is 0.418 e. The summed E-state index contributed by atoms with van der Waals surface area (Å²) in [6.07, 6.45) is -8.79. The molecule has 0 radical (unpaired) electrons. The maximum atomic E-state index is 14.5. The number of aromatic amines is 1. The number of alkyl halides is 3. The molecule has 394 valence electrons. The predicted molar refractivity (Wildman–Crippen MR) is 257 cm³/mol. The molecule has 0 spiro atoms. The standard InChI is InChI=1S/C47H42Cl2F5N11O9S/c1-23-3-10-33(41-39(23)27(16-55)18-58-41)62-75(70,71)29-7-4-25(5-8-29)17-57-37(67)21-72-12-11-56-38(68)22-73-44-42(64-19-34(60-63-64)26-13-31(50)40(49)32(51)14-26)43(69)36(20-66)74-45(44)46-59-24(2)61-65(46)35-15-28(48)6-9-30(35)47(52,53)54/h3-10,13-15,18-19,36,42-45,58,62,66,69H,11-12,17,20-22H2,1-2H3,(H,56,68)(H,57,67)/t36-,42+,43+,44-,45-/m1/s1. The minimum atomic E-state index is -4.93. The molecule has 1 fully saturated rings. The third-order valence-electron chi connectivity index (χ3n) is 11.8. The van der Waals surface area contributed by atoms with Crippen LogP contribution in [-0.2, 0) is 46.5 Å². The van der Waals surface area contributed by atoms with Gasteiger partial charge in [0.1, 0.15) is 77.9 Å². The Bertz CT molecular complexity index is 3400. The van der Waals surface area contributed by atoms with Gasteiger partial charge in [-0.15, -0.1) is 5.10 Å². The van der Waals surface area contributed by atoms with Gasteiger partial charge in [-0.25, -0.2) is 31.5 Å². The molecular formula is C47H42Cl2F5N11O9S. The summed E-state index contributed by atoms with van der Waals surface area (Å²) in [5.74, 6) is -3.98. The van der Waals surface area contributed by atoms with Crippen molar-refractivity contribution in [1.82, 2.24) is 45.4 Å². The summed E-state index contributed by atoms with van der Waals surface area (Å²) in [5, 5.41) is 48.6. The van der Waals surface area contributed by atoms with Gasteiger partial charge in [-0.3, -0.25) is 14.3 Å². The smallest absolute Gasteiger partial charge is 0.394 e. The van der Waals surface area contributed by atoms with Gasteiger partial charge < -0.3 is 40.0 Å². The highest BCUT2D eigenvalue weighted by Crippen LogP contribution is 2.42. The molecule has 2 amide bonds. The zero-order valence-corrected chi connectivity index (χ0v) is 41.4. The third-order valence-corrected chi connectivity index (χ3v) is 13.8. The fraction of sp³-hybridized carbons (Fsp3) is 0.298. The fourth-order valence-electron chi connectivity index (χ4n) is 8.25. The Morgan fingerprint density at radius 2 is 1.72 bits per heavy atom. The lowest BCUT2D eigenvalue weighted by Gasteiger charge is -2.43. The van der Waals surface area contributed by atoms with Crippen LogP contribution in [0.3, 0.4) is 0 Å². The Balaban J connectivity index is 0.914. The topological polar surface area (TPSA) is 274 Å². The fourth-order valence-corrected chi connectivity index (χ4v) is 9.60. The van der Waals surface area contributed by atoms with E-state index in [1.165, 1.54) is 37.4 Å². The van der Waals surface area contributed by atoms with Crippen LogP contribution in [0.25, 0.3) is 27.8 Å². The van der Waals surface area contributed by atoms with E-state index in [0.29, 0.717) is 22.0 Å². The van der Waals surface area contributed by atoms with Crippen molar-refractivity contribution in [3.63, 3.8) is 0 Å². The van der Waals surface area contributed by atoms with Crippen LogP contribution < -0.4 is 15.4 Å². The first kappa shape index (κ1) is 54.2. The molecule has 0 bridgehead atoms. The monoisotopic (exact) mass is 1100 g/mol. The second kappa shape index (κ2) is 22.4. The minimum absolute atomic E-state index is 0.00916. The van der Waals surface area contributed by atoms with E-state index in [0.717, 1.165) is 51.5 Å². The van der Waals surface area contributed by atoms with Crippen LogP contribution in [0.15, 0.2) is 84.0 Å². The minimum Gasteiger partial charge on any atom is -0.394 e. The van der Waals surface area contributed by atoms with Gasteiger partial charge in [0.25, 0.3) is 10.0 Å². The number of aliphatic hydroxyl groups is 2. The summed E-state index contributed by atoms with van der Waals surface area (Å²) < 4.78 is 121. The van der Waals surface area contributed by atoms with Gasteiger partial charge in [0.15, 0.2) is 5.82 Å². The number of aromatic nitrogens is 7. The van der Waals surface area contributed by atoms with Crippen LogP contribution in [-0.4, -0.2) is 116 Å². The number of halogens is 7. The lowest BCUT2D eigenvalue weighted by molar-refractivity contribution is -0.223. The van der Waals surface area contributed by atoms with E-state index in [4.69, 9.17) is 37.4 Å². The second-order valence-corrected chi connectivity index (χ2v) is 19.4. The number of anilines is 1. The number of benzene rings is 4. The van der Waals surface area contributed by atoms with Gasteiger partial charge in [-0.1, -0.05) is 46.6 Å². The molecule has 8 rings (SSSR count). The number of nitrogens with one attached hydrogen (secondary N) is 4. The second-order valence-electron chi connectivity index (χ2n) is 16.9. The highest BCUT2D eigenvalue weighted by molar-refractivity contribution is 7.92. The molecule has 28 heteroatoms. The Morgan fingerprint density at radius 1 is 1.00 bits per heavy atom. The van der Waals surface area contributed by atoms with Crippen molar-refractivity contribution < 1.29 is 64.4 Å². The number of aliphatic hydroxyl groups excluding tert-OH is 2.